The zero-order valence-electron chi connectivity index (χ0n) is 10.4. The lowest BCUT2D eigenvalue weighted by Gasteiger charge is -2.07. The third kappa shape index (κ3) is 2.43. The summed E-state index contributed by atoms with van der Waals surface area (Å²) in [7, 11) is 1.96. The molecule has 90 valence electrons. The van der Waals surface area contributed by atoms with Crippen LogP contribution in [0, 0.1) is 0 Å². The van der Waals surface area contributed by atoms with Crippen LogP contribution in [0.4, 0.5) is 5.82 Å². The normalized spacial score (nSPS) is 10.5. The lowest BCUT2D eigenvalue weighted by atomic mass is 10.3. The molecule has 2 aromatic heterocycles. The second-order valence-corrected chi connectivity index (χ2v) is 3.80. The minimum atomic E-state index is 0.816. The first-order valence-electron chi connectivity index (χ1n) is 5.84. The van der Waals surface area contributed by atoms with E-state index in [0.717, 1.165) is 36.1 Å². The Morgan fingerprint density at radius 3 is 2.71 bits per heavy atom. The van der Waals surface area contributed by atoms with Gasteiger partial charge in [-0.2, -0.15) is 0 Å². The van der Waals surface area contributed by atoms with Crippen molar-refractivity contribution < 1.29 is 0 Å². The van der Waals surface area contributed by atoms with Gasteiger partial charge in [-0.15, -0.1) is 0 Å². The van der Waals surface area contributed by atoms with Gasteiger partial charge in [-0.25, -0.2) is 15.0 Å². The highest BCUT2D eigenvalue weighted by Gasteiger charge is 2.08. The molecule has 2 aromatic rings. The van der Waals surface area contributed by atoms with Gasteiger partial charge in [0, 0.05) is 38.5 Å². The fraction of sp³-hybridized carbons (Fsp3) is 0.417. The van der Waals surface area contributed by atoms with E-state index in [1.165, 1.54) is 0 Å². The monoisotopic (exact) mass is 231 g/mol. The summed E-state index contributed by atoms with van der Waals surface area (Å²) < 4.78 is 1.96. The zero-order chi connectivity index (χ0) is 12.3. The number of nitrogens with zero attached hydrogens (tertiary/aromatic N) is 4. The minimum absolute atomic E-state index is 0.816. The van der Waals surface area contributed by atoms with Gasteiger partial charge < -0.3 is 9.88 Å². The summed E-state index contributed by atoms with van der Waals surface area (Å²) >= 11 is 0. The van der Waals surface area contributed by atoms with Crippen LogP contribution in [0.2, 0.25) is 0 Å². The third-order valence-corrected chi connectivity index (χ3v) is 2.50. The summed E-state index contributed by atoms with van der Waals surface area (Å²) in [4.78, 5) is 13.2. The number of rotatable bonds is 4. The highest BCUT2D eigenvalue weighted by atomic mass is 15.1. The van der Waals surface area contributed by atoms with Gasteiger partial charge in [0.1, 0.15) is 17.3 Å². The molecule has 0 radical (unpaired) electrons. The first kappa shape index (κ1) is 11.6. The van der Waals surface area contributed by atoms with E-state index in [9.17, 15) is 0 Å². The van der Waals surface area contributed by atoms with Crippen molar-refractivity contribution in [2.24, 2.45) is 7.05 Å². The fourth-order valence-electron chi connectivity index (χ4n) is 1.65. The van der Waals surface area contributed by atoms with E-state index >= 15 is 0 Å². The van der Waals surface area contributed by atoms with Crippen molar-refractivity contribution in [2.45, 2.75) is 20.3 Å². The quantitative estimate of drug-likeness (QED) is 0.872. The predicted molar refractivity (Wildman–Crippen MR) is 67.8 cm³/mol. The number of aryl methyl sites for hydroxylation is 2. The Morgan fingerprint density at radius 2 is 2.12 bits per heavy atom. The molecule has 0 aliphatic heterocycles. The maximum atomic E-state index is 4.50. The second kappa shape index (κ2) is 4.95. The molecule has 2 heterocycles. The van der Waals surface area contributed by atoms with Gasteiger partial charge in [-0.05, 0) is 6.92 Å². The molecule has 0 bridgehead atoms. The molecule has 0 saturated carbocycles. The molecule has 2 rings (SSSR count). The second-order valence-electron chi connectivity index (χ2n) is 3.80. The van der Waals surface area contributed by atoms with Gasteiger partial charge in [0.05, 0.1) is 0 Å². The molecule has 0 fully saturated rings. The third-order valence-electron chi connectivity index (χ3n) is 2.50. The van der Waals surface area contributed by atoms with Crippen LogP contribution in [0.5, 0.6) is 0 Å². The summed E-state index contributed by atoms with van der Waals surface area (Å²) in [6.07, 6.45) is 4.50. The van der Waals surface area contributed by atoms with Crippen LogP contribution >= 0.6 is 0 Å². The molecule has 0 aliphatic carbocycles. The predicted octanol–water partition coefficient (Wildman–Crippen LogP) is 1.87. The zero-order valence-corrected chi connectivity index (χ0v) is 10.4. The molecule has 17 heavy (non-hydrogen) atoms. The van der Waals surface area contributed by atoms with E-state index in [1.54, 1.807) is 6.20 Å². The molecule has 0 spiro atoms. The van der Waals surface area contributed by atoms with E-state index in [1.807, 2.05) is 37.7 Å². The van der Waals surface area contributed by atoms with E-state index in [4.69, 9.17) is 0 Å². The maximum absolute atomic E-state index is 4.50. The van der Waals surface area contributed by atoms with Crippen molar-refractivity contribution in [3.63, 3.8) is 0 Å². The van der Waals surface area contributed by atoms with E-state index in [2.05, 4.69) is 20.3 Å². The summed E-state index contributed by atoms with van der Waals surface area (Å²) in [5, 5.41) is 3.22. The van der Waals surface area contributed by atoms with Gasteiger partial charge >= 0.3 is 0 Å². The van der Waals surface area contributed by atoms with E-state index in [0.29, 0.717) is 0 Å². The molecular formula is C12H17N5. The molecule has 1 N–H and O–H groups in total. The summed E-state index contributed by atoms with van der Waals surface area (Å²) in [6, 6.07) is 1.94. The maximum Gasteiger partial charge on any atom is 0.158 e. The average molecular weight is 231 g/mol. The van der Waals surface area contributed by atoms with Crippen LogP contribution in [-0.2, 0) is 13.5 Å². The van der Waals surface area contributed by atoms with Gasteiger partial charge in [0.2, 0.25) is 0 Å². The highest BCUT2D eigenvalue weighted by molar-refractivity contribution is 5.55. The molecular weight excluding hydrogens is 214 g/mol. The Labute approximate surface area is 101 Å². The Kier molecular flexibility index (Phi) is 3.37. The van der Waals surface area contributed by atoms with Crippen LogP contribution < -0.4 is 5.32 Å². The Morgan fingerprint density at radius 1 is 1.29 bits per heavy atom. The topological polar surface area (TPSA) is 55.6 Å². The molecule has 5 nitrogen and oxygen atoms in total. The van der Waals surface area contributed by atoms with Gasteiger partial charge in [0.25, 0.3) is 0 Å². The Hall–Kier alpha value is -1.91. The van der Waals surface area contributed by atoms with Crippen LogP contribution in [-0.4, -0.2) is 26.1 Å². The number of aromatic nitrogens is 4. The molecule has 0 aromatic carbocycles. The number of hydrogen-bond donors (Lipinski definition) is 1. The van der Waals surface area contributed by atoms with Gasteiger partial charge in [-0.3, -0.25) is 0 Å². The smallest absolute Gasteiger partial charge is 0.158 e. The molecule has 0 amide bonds. The standard InChI is InChI=1S/C12H17N5/c1-4-10-15-9(8-11(16-10)13-5-2)12-14-6-7-17(12)3/h6-8H,4-5H2,1-3H3,(H,13,15,16). The summed E-state index contributed by atoms with van der Waals surface area (Å²) in [6.45, 7) is 4.95. The van der Waals surface area contributed by atoms with Crippen molar-refractivity contribution in [1.82, 2.24) is 19.5 Å². The Bertz CT molecular complexity index is 503. The molecule has 0 unspecified atom stereocenters. The number of anilines is 1. The van der Waals surface area contributed by atoms with E-state index < -0.39 is 0 Å². The SMILES string of the molecule is CCNc1cc(-c2nccn2C)nc(CC)n1. The molecule has 0 aliphatic rings. The summed E-state index contributed by atoms with van der Waals surface area (Å²) in [5.41, 5.74) is 0.861. The van der Waals surface area contributed by atoms with Crippen molar-refractivity contribution >= 4 is 5.82 Å². The Balaban J connectivity index is 2.46. The number of imidazole rings is 1. The van der Waals surface area contributed by atoms with Crippen LogP contribution in [0.25, 0.3) is 11.5 Å². The number of hydrogen-bond acceptors (Lipinski definition) is 4. The molecule has 5 heteroatoms. The van der Waals surface area contributed by atoms with Gasteiger partial charge in [0.15, 0.2) is 5.82 Å². The lowest BCUT2D eigenvalue weighted by molar-refractivity contribution is 0.893. The van der Waals surface area contributed by atoms with Crippen molar-refractivity contribution in [3.05, 3.63) is 24.3 Å². The molecule has 0 atom stereocenters. The van der Waals surface area contributed by atoms with Gasteiger partial charge in [-0.1, -0.05) is 6.92 Å². The van der Waals surface area contributed by atoms with Crippen molar-refractivity contribution in [2.75, 3.05) is 11.9 Å². The summed E-state index contributed by atoms with van der Waals surface area (Å²) in [5.74, 6) is 2.56. The average Bonchev–Trinajstić information content (AvgIpc) is 2.75. The van der Waals surface area contributed by atoms with Crippen molar-refractivity contribution in [3.8, 4) is 11.5 Å². The van der Waals surface area contributed by atoms with Crippen molar-refractivity contribution in [1.29, 1.82) is 0 Å². The first-order valence-corrected chi connectivity index (χ1v) is 5.84. The van der Waals surface area contributed by atoms with Crippen LogP contribution in [0.15, 0.2) is 18.5 Å². The lowest BCUT2D eigenvalue weighted by Crippen LogP contribution is -2.05. The van der Waals surface area contributed by atoms with Crippen LogP contribution in [0.3, 0.4) is 0 Å². The largest absolute Gasteiger partial charge is 0.370 e. The molecule has 0 saturated heterocycles. The first-order chi connectivity index (χ1) is 8.24. The fourth-order valence-corrected chi connectivity index (χ4v) is 1.65. The van der Waals surface area contributed by atoms with E-state index in [-0.39, 0.29) is 0 Å². The van der Waals surface area contributed by atoms with Crippen LogP contribution in [0.1, 0.15) is 19.7 Å². The highest BCUT2D eigenvalue weighted by Crippen LogP contribution is 2.17. The number of nitrogens with one attached hydrogen (secondary N) is 1. The minimum Gasteiger partial charge on any atom is -0.370 e.